The number of halogens is 2. The predicted molar refractivity (Wildman–Crippen MR) is 141 cm³/mol. The summed E-state index contributed by atoms with van der Waals surface area (Å²) in [5.41, 5.74) is 3.00. The molecule has 5 rings (SSSR count). The molecule has 1 fully saturated rings. The fourth-order valence-electron chi connectivity index (χ4n) is 5.37. The summed E-state index contributed by atoms with van der Waals surface area (Å²) in [6, 6.07) is 21.0. The maximum atomic E-state index is 13.8. The second-order valence-electron chi connectivity index (χ2n) is 9.30. The minimum atomic E-state index is -1.02. The Bertz CT molecular complexity index is 1270. The Morgan fingerprint density at radius 2 is 1.71 bits per heavy atom. The number of amides is 2. The minimum Gasteiger partial charge on any atom is -0.376 e. The average molecular weight is 508 g/mol. The van der Waals surface area contributed by atoms with Gasteiger partial charge in [0.25, 0.3) is 0 Å². The zero-order chi connectivity index (χ0) is 24.4. The number of para-hydroxylation sites is 1. The standard InChI is InChI=1S/C28H27Cl2N3O2/c29-19-7-5-6-18(14-19)16-28(23-13-12-20(30)15-25(23)33-27(28)35)22-10-3-4-11-24(22)31-17-26(34)32-21-8-1-2-9-21/h3-7,10-15,21,31H,1-2,8-9,16-17H2,(H,32,34)(H,33,35). The summed E-state index contributed by atoms with van der Waals surface area (Å²) < 4.78 is 0. The summed E-state index contributed by atoms with van der Waals surface area (Å²) in [5.74, 6) is -0.182. The smallest absolute Gasteiger partial charge is 0.240 e. The number of benzene rings is 3. The quantitative estimate of drug-likeness (QED) is 0.370. The molecule has 1 unspecified atom stereocenters. The van der Waals surface area contributed by atoms with Gasteiger partial charge >= 0.3 is 0 Å². The van der Waals surface area contributed by atoms with E-state index < -0.39 is 5.41 Å². The second kappa shape index (κ2) is 9.92. The van der Waals surface area contributed by atoms with Crippen molar-refractivity contribution in [3.05, 3.63) is 93.5 Å². The second-order valence-corrected chi connectivity index (χ2v) is 10.2. The molecule has 3 N–H and O–H groups in total. The third-order valence-electron chi connectivity index (χ3n) is 6.98. The van der Waals surface area contributed by atoms with Crippen LogP contribution in [0.3, 0.4) is 0 Å². The molecule has 3 aromatic rings. The van der Waals surface area contributed by atoms with Crippen LogP contribution in [0.1, 0.15) is 42.4 Å². The van der Waals surface area contributed by atoms with E-state index in [0.717, 1.165) is 48.1 Å². The summed E-state index contributed by atoms with van der Waals surface area (Å²) in [4.78, 5) is 26.4. The molecule has 0 spiro atoms. The molecular weight excluding hydrogens is 481 g/mol. The van der Waals surface area contributed by atoms with Gasteiger partial charge in [-0.05, 0) is 66.3 Å². The summed E-state index contributed by atoms with van der Waals surface area (Å²) >= 11 is 12.5. The van der Waals surface area contributed by atoms with Gasteiger partial charge in [-0.15, -0.1) is 0 Å². The van der Waals surface area contributed by atoms with Crippen LogP contribution in [0.25, 0.3) is 0 Å². The molecule has 1 atom stereocenters. The largest absolute Gasteiger partial charge is 0.376 e. The van der Waals surface area contributed by atoms with Crippen LogP contribution in [-0.4, -0.2) is 24.4 Å². The van der Waals surface area contributed by atoms with E-state index in [-0.39, 0.29) is 24.4 Å². The first-order valence-corrected chi connectivity index (χ1v) is 12.7. The molecular formula is C28H27Cl2N3O2. The summed E-state index contributed by atoms with van der Waals surface area (Å²) in [6.07, 6.45) is 4.79. The lowest BCUT2D eigenvalue weighted by atomic mass is 9.70. The molecule has 1 aliphatic heterocycles. The highest BCUT2D eigenvalue weighted by Gasteiger charge is 2.49. The molecule has 5 nitrogen and oxygen atoms in total. The van der Waals surface area contributed by atoms with E-state index in [1.807, 2.05) is 54.6 Å². The zero-order valence-electron chi connectivity index (χ0n) is 19.2. The van der Waals surface area contributed by atoms with Gasteiger partial charge in [0.1, 0.15) is 5.41 Å². The van der Waals surface area contributed by atoms with Crippen LogP contribution < -0.4 is 16.0 Å². The Kier molecular flexibility index (Phi) is 6.72. The van der Waals surface area contributed by atoms with Crippen molar-refractivity contribution in [2.24, 2.45) is 0 Å². The van der Waals surface area contributed by atoms with Crippen LogP contribution in [0.15, 0.2) is 66.7 Å². The van der Waals surface area contributed by atoms with Crippen molar-refractivity contribution in [2.75, 3.05) is 17.2 Å². The lowest BCUT2D eigenvalue weighted by Crippen LogP contribution is -2.40. The molecule has 180 valence electrons. The monoisotopic (exact) mass is 507 g/mol. The van der Waals surface area contributed by atoms with Gasteiger partial charge in [0.2, 0.25) is 11.8 Å². The number of hydrogen-bond donors (Lipinski definition) is 3. The first-order valence-electron chi connectivity index (χ1n) is 11.9. The van der Waals surface area contributed by atoms with Gasteiger partial charge in [0, 0.05) is 27.5 Å². The van der Waals surface area contributed by atoms with Crippen LogP contribution in [-0.2, 0) is 21.4 Å². The number of nitrogens with one attached hydrogen (secondary N) is 3. The van der Waals surface area contributed by atoms with Crippen molar-refractivity contribution in [3.8, 4) is 0 Å². The summed E-state index contributed by atoms with van der Waals surface area (Å²) in [7, 11) is 0. The summed E-state index contributed by atoms with van der Waals surface area (Å²) in [6.45, 7) is 0.135. The highest BCUT2D eigenvalue weighted by atomic mass is 35.5. The predicted octanol–water partition coefficient (Wildman–Crippen LogP) is 5.95. The zero-order valence-corrected chi connectivity index (χ0v) is 20.8. The molecule has 0 aromatic heterocycles. The maximum Gasteiger partial charge on any atom is 0.240 e. The van der Waals surface area contributed by atoms with Gasteiger partial charge in [-0.1, -0.05) is 72.4 Å². The molecule has 7 heteroatoms. The molecule has 0 saturated heterocycles. The molecule has 1 heterocycles. The van der Waals surface area contributed by atoms with E-state index >= 15 is 0 Å². The van der Waals surface area contributed by atoms with E-state index in [1.54, 1.807) is 12.1 Å². The van der Waals surface area contributed by atoms with Crippen LogP contribution in [0, 0.1) is 0 Å². The maximum absolute atomic E-state index is 13.8. The van der Waals surface area contributed by atoms with Crippen molar-refractivity contribution in [1.29, 1.82) is 0 Å². The third kappa shape index (κ3) is 4.75. The van der Waals surface area contributed by atoms with Crippen molar-refractivity contribution < 1.29 is 9.59 Å². The first-order chi connectivity index (χ1) is 17.0. The van der Waals surface area contributed by atoms with Crippen molar-refractivity contribution in [1.82, 2.24) is 5.32 Å². The first kappa shape index (κ1) is 23.7. The Labute approximate surface area is 215 Å². The van der Waals surface area contributed by atoms with Crippen molar-refractivity contribution in [2.45, 2.75) is 43.6 Å². The van der Waals surface area contributed by atoms with E-state index in [4.69, 9.17) is 23.2 Å². The van der Waals surface area contributed by atoms with E-state index in [0.29, 0.717) is 22.2 Å². The van der Waals surface area contributed by atoms with Crippen LogP contribution in [0.5, 0.6) is 0 Å². The molecule has 35 heavy (non-hydrogen) atoms. The number of rotatable bonds is 7. The van der Waals surface area contributed by atoms with Gasteiger partial charge in [-0.25, -0.2) is 0 Å². The molecule has 2 amide bonds. The van der Waals surface area contributed by atoms with Gasteiger partial charge in [0.15, 0.2) is 0 Å². The molecule has 1 saturated carbocycles. The van der Waals surface area contributed by atoms with E-state index in [9.17, 15) is 9.59 Å². The number of carbonyl (C=O) groups is 2. The van der Waals surface area contributed by atoms with Gasteiger partial charge in [0.05, 0.1) is 6.54 Å². The molecule has 0 bridgehead atoms. The van der Waals surface area contributed by atoms with Crippen LogP contribution in [0.2, 0.25) is 10.0 Å². The van der Waals surface area contributed by atoms with Crippen LogP contribution in [0.4, 0.5) is 11.4 Å². The SMILES string of the molecule is O=C(CNc1ccccc1C1(Cc2cccc(Cl)c2)C(=O)Nc2cc(Cl)ccc21)NC1CCCC1. The number of hydrogen-bond acceptors (Lipinski definition) is 3. The fraction of sp³-hybridized carbons (Fsp3) is 0.286. The van der Waals surface area contributed by atoms with E-state index in [1.165, 1.54) is 0 Å². The van der Waals surface area contributed by atoms with E-state index in [2.05, 4.69) is 16.0 Å². The molecule has 3 aromatic carbocycles. The number of fused-ring (bicyclic) bond motifs is 1. The van der Waals surface area contributed by atoms with Crippen LogP contribution >= 0.6 is 23.2 Å². The topological polar surface area (TPSA) is 70.2 Å². The molecule has 0 radical (unpaired) electrons. The average Bonchev–Trinajstić information content (AvgIpc) is 3.44. The molecule has 2 aliphatic rings. The normalized spacial score (nSPS) is 19.3. The van der Waals surface area contributed by atoms with Crippen molar-refractivity contribution >= 4 is 46.4 Å². The Morgan fingerprint density at radius 1 is 0.943 bits per heavy atom. The third-order valence-corrected chi connectivity index (χ3v) is 7.45. The number of anilines is 2. The summed E-state index contributed by atoms with van der Waals surface area (Å²) in [5, 5.41) is 10.6. The number of carbonyl (C=O) groups excluding carboxylic acids is 2. The van der Waals surface area contributed by atoms with Crippen molar-refractivity contribution in [3.63, 3.8) is 0 Å². The minimum absolute atomic E-state index is 0.0429. The lowest BCUT2D eigenvalue weighted by molar-refractivity contribution is -0.120. The van der Waals surface area contributed by atoms with Gasteiger partial charge < -0.3 is 16.0 Å². The van der Waals surface area contributed by atoms with Gasteiger partial charge in [-0.2, -0.15) is 0 Å². The van der Waals surface area contributed by atoms with Gasteiger partial charge in [-0.3, -0.25) is 9.59 Å². The highest BCUT2D eigenvalue weighted by molar-refractivity contribution is 6.31. The molecule has 1 aliphatic carbocycles. The Hall–Kier alpha value is -3.02. The highest BCUT2D eigenvalue weighted by Crippen LogP contribution is 2.48. The lowest BCUT2D eigenvalue weighted by Gasteiger charge is -2.31. The Morgan fingerprint density at radius 3 is 2.51 bits per heavy atom. The fourth-order valence-corrected chi connectivity index (χ4v) is 5.75. The Balaban J connectivity index is 1.53.